The van der Waals surface area contributed by atoms with Crippen molar-refractivity contribution in [2.75, 3.05) is 5.32 Å². The minimum Gasteiger partial charge on any atom is -0.321 e. The van der Waals surface area contributed by atoms with Crippen LogP contribution in [0.5, 0.6) is 0 Å². The van der Waals surface area contributed by atoms with Crippen molar-refractivity contribution >= 4 is 11.6 Å². The van der Waals surface area contributed by atoms with Gasteiger partial charge in [0.1, 0.15) is 0 Å². The number of benzene rings is 1. The van der Waals surface area contributed by atoms with Gasteiger partial charge in [-0.15, -0.1) is 5.10 Å². The Balaban J connectivity index is 1.68. The Labute approximate surface area is 118 Å². The van der Waals surface area contributed by atoms with Crippen molar-refractivity contribution in [2.24, 2.45) is 0 Å². The molecule has 0 aliphatic heterocycles. The molecule has 20 heavy (non-hydrogen) atoms. The SMILES string of the molecule is CCc1ccc(NC(=O)c2ccc(C3CC3)nn2)cc1. The number of anilines is 1. The number of carbonyl (C=O) groups is 1. The molecule has 1 heterocycles. The Hall–Kier alpha value is -2.23. The first-order valence-electron chi connectivity index (χ1n) is 7.00. The number of aryl methyl sites for hydroxylation is 1. The summed E-state index contributed by atoms with van der Waals surface area (Å²) in [5.41, 5.74) is 3.37. The molecule has 102 valence electrons. The molecule has 1 fully saturated rings. The Kier molecular flexibility index (Phi) is 3.46. The summed E-state index contributed by atoms with van der Waals surface area (Å²) in [7, 11) is 0. The van der Waals surface area contributed by atoms with Crippen molar-refractivity contribution in [1.29, 1.82) is 0 Å². The van der Waals surface area contributed by atoms with Crippen LogP contribution in [0.4, 0.5) is 5.69 Å². The van der Waals surface area contributed by atoms with E-state index in [1.807, 2.05) is 30.3 Å². The summed E-state index contributed by atoms with van der Waals surface area (Å²) in [6, 6.07) is 11.5. The topological polar surface area (TPSA) is 54.9 Å². The van der Waals surface area contributed by atoms with Gasteiger partial charge < -0.3 is 5.32 Å². The predicted octanol–water partition coefficient (Wildman–Crippen LogP) is 3.17. The van der Waals surface area contributed by atoms with E-state index in [-0.39, 0.29) is 5.91 Å². The third-order valence-corrected chi connectivity index (χ3v) is 3.53. The molecule has 1 aliphatic carbocycles. The lowest BCUT2D eigenvalue weighted by atomic mass is 10.1. The minimum atomic E-state index is -0.218. The zero-order valence-corrected chi connectivity index (χ0v) is 11.5. The van der Waals surface area contributed by atoms with Crippen LogP contribution in [0.3, 0.4) is 0 Å². The van der Waals surface area contributed by atoms with Gasteiger partial charge >= 0.3 is 0 Å². The molecule has 1 amide bonds. The number of rotatable bonds is 4. The van der Waals surface area contributed by atoms with Crippen molar-refractivity contribution in [3.8, 4) is 0 Å². The maximum atomic E-state index is 12.1. The molecule has 0 atom stereocenters. The average molecular weight is 267 g/mol. The second-order valence-electron chi connectivity index (χ2n) is 5.12. The van der Waals surface area contributed by atoms with E-state index < -0.39 is 0 Å². The molecule has 0 bridgehead atoms. The first-order valence-corrected chi connectivity index (χ1v) is 7.00. The summed E-state index contributed by atoms with van der Waals surface area (Å²) in [5, 5.41) is 11.0. The zero-order valence-electron chi connectivity index (χ0n) is 11.5. The normalized spacial score (nSPS) is 14.1. The monoisotopic (exact) mass is 267 g/mol. The smallest absolute Gasteiger partial charge is 0.276 e. The molecule has 1 aromatic heterocycles. The summed E-state index contributed by atoms with van der Waals surface area (Å²) in [4.78, 5) is 12.1. The second kappa shape index (κ2) is 5.41. The van der Waals surface area contributed by atoms with Gasteiger partial charge in [-0.3, -0.25) is 4.79 Å². The molecule has 0 spiro atoms. The number of hydrogen-bond acceptors (Lipinski definition) is 3. The van der Waals surface area contributed by atoms with Crippen LogP contribution in [0.15, 0.2) is 36.4 Å². The lowest BCUT2D eigenvalue weighted by Gasteiger charge is -2.05. The first-order chi connectivity index (χ1) is 9.76. The largest absolute Gasteiger partial charge is 0.321 e. The fourth-order valence-electron chi connectivity index (χ4n) is 2.08. The molecule has 1 aromatic carbocycles. The highest BCUT2D eigenvalue weighted by Gasteiger charge is 2.25. The molecule has 0 radical (unpaired) electrons. The summed E-state index contributed by atoms with van der Waals surface area (Å²) >= 11 is 0. The summed E-state index contributed by atoms with van der Waals surface area (Å²) < 4.78 is 0. The maximum absolute atomic E-state index is 12.1. The third kappa shape index (κ3) is 2.85. The van der Waals surface area contributed by atoms with Gasteiger partial charge in [0, 0.05) is 11.6 Å². The van der Waals surface area contributed by atoms with E-state index in [0.717, 1.165) is 17.8 Å². The lowest BCUT2D eigenvalue weighted by molar-refractivity contribution is 0.102. The second-order valence-corrected chi connectivity index (χ2v) is 5.12. The number of amides is 1. The van der Waals surface area contributed by atoms with Gasteiger partial charge in [0.15, 0.2) is 5.69 Å². The minimum absolute atomic E-state index is 0.218. The first kappa shape index (κ1) is 12.8. The molecule has 1 saturated carbocycles. The molecule has 4 heteroatoms. The van der Waals surface area contributed by atoms with E-state index >= 15 is 0 Å². The number of hydrogen-bond donors (Lipinski definition) is 1. The Morgan fingerprint density at radius 2 is 1.90 bits per heavy atom. The van der Waals surface area contributed by atoms with Crippen molar-refractivity contribution in [1.82, 2.24) is 10.2 Å². The standard InChI is InChI=1S/C16H17N3O/c1-2-11-3-7-13(8-4-11)17-16(20)15-10-9-14(18-19-15)12-5-6-12/h3-4,7-10,12H,2,5-6H2,1H3,(H,17,20). The fraction of sp³-hybridized carbons (Fsp3) is 0.312. The van der Waals surface area contributed by atoms with E-state index in [0.29, 0.717) is 11.6 Å². The maximum Gasteiger partial charge on any atom is 0.276 e. The Morgan fingerprint density at radius 3 is 2.45 bits per heavy atom. The van der Waals surface area contributed by atoms with Crippen LogP contribution in [0.25, 0.3) is 0 Å². The number of aromatic nitrogens is 2. The van der Waals surface area contributed by atoms with E-state index in [4.69, 9.17) is 0 Å². The molecular formula is C16H17N3O. The van der Waals surface area contributed by atoms with Crippen molar-refractivity contribution in [2.45, 2.75) is 32.1 Å². The highest BCUT2D eigenvalue weighted by molar-refractivity contribution is 6.02. The lowest BCUT2D eigenvalue weighted by Crippen LogP contribution is -2.14. The number of carbonyl (C=O) groups excluding carboxylic acids is 1. The van der Waals surface area contributed by atoms with Gasteiger partial charge in [-0.05, 0) is 49.1 Å². The van der Waals surface area contributed by atoms with Crippen LogP contribution in [-0.4, -0.2) is 16.1 Å². The van der Waals surface area contributed by atoms with E-state index in [1.54, 1.807) is 6.07 Å². The van der Waals surface area contributed by atoms with Crippen LogP contribution in [-0.2, 0) is 6.42 Å². The highest BCUT2D eigenvalue weighted by Crippen LogP contribution is 2.38. The van der Waals surface area contributed by atoms with Gasteiger partial charge in [-0.2, -0.15) is 5.10 Å². The highest BCUT2D eigenvalue weighted by atomic mass is 16.1. The van der Waals surface area contributed by atoms with Gasteiger partial charge in [-0.25, -0.2) is 0 Å². The van der Waals surface area contributed by atoms with Crippen molar-refractivity contribution in [3.05, 3.63) is 53.3 Å². The van der Waals surface area contributed by atoms with Crippen molar-refractivity contribution < 1.29 is 4.79 Å². The fourth-order valence-corrected chi connectivity index (χ4v) is 2.08. The predicted molar refractivity (Wildman–Crippen MR) is 77.8 cm³/mol. The van der Waals surface area contributed by atoms with Gasteiger partial charge in [0.05, 0.1) is 5.69 Å². The third-order valence-electron chi connectivity index (χ3n) is 3.53. The number of nitrogens with zero attached hydrogens (tertiary/aromatic N) is 2. The van der Waals surface area contributed by atoms with Gasteiger partial charge in [0.25, 0.3) is 5.91 Å². The molecule has 0 saturated heterocycles. The van der Waals surface area contributed by atoms with Gasteiger partial charge in [0.2, 0.25) is 0 Å². The molecule has 0 unspecified atom stereocenters. The Bertz CT molecular complexity index is 601. The van der Waals surface area contributed by atoms with E-state index in [9.17, 15) is 4.79 Å². The summed E-state index contributed by atoms with van der Waals surface area (Å²) in [6.45, 7) is 2.10. The summed E-state index contributed by atoms with van der Waals surface area (Å²) in [6.07, 6.45) is 3.36. The summed E-state index contributed by atoms with van der Waals surface area (Å²) in [5.74, 6) is 0.338. The molecular weight excluding hydrogens is 250 g/mol. The quantitative estimate of drug-likeness (QED) is 0.925. The Morgan fingerprint density at radius 1 is 1.15 bits per heavy atom. The van der Waals surface area contributed by atoms with Crippen LogP contribution in [0, 0.1) is 0 Å². The molecule has 4 nitrogen and oxygen atoms in total. The van der Waals surface area contributed by atoms with Crippen LogP contribution in [0.2, 0.25) is 0 Å². The zero-order chi connectivity index (χ0) is 13.9. The average Bonchev–Trinajstić information content (AvgIpc) is 3.33. The molecule has 1 aliphatic rings. The van der Waals surface area contributed by atoms with Crippen LogP contribution >= 0.6 is 0 Å². The van der Waals surface area contributed by atoms with E-state index in [2.05, 4.69) is 22.4 Å². The molecule has 1 N–H and O–H groups in total. The molecule has 3 rings (SSSR count). The van der Waals surface area contributed by atoms with Gasteiger partial charge in [-0.1, -0.05) is 19.1 Å². The molecule has 2 aromatic rings. The van der Waals surface area contributed by atoms with Crippen LogP contribution in [0.1, 0.15) is 47.4 Å². The van der Waals surface area contributed by atoms with Crippen molar-refractivity contribution in [3.63, 3.8) is 0 Å². The van der Waals surface area contributed by atoms with E-state index in [1.165, 1.54) is 18.4 Å². The van der Waals surface area contributed by atoms with Crippen LogP contribution < -0.4 is 5.32 Å². The number of nitrogens with one attached hydrogen (secondary N) is 1.